The molecule has 33 heavy (non-hydrogen) atoms. The number of nitrogens with two attached hydrogens (primary N) is 1. The fourth-order valence-corrected chi connectivity index (χ4v) is 3.23. The molecule has 0 fully saturated rings. The zero-order chi connectivity index (χ0) is 22.9. The largest absolute Gasteiger partial charge is 0.461 e. The first-order valence-electron chi connectivity index (χ1n) is 11.1. The van der Waals surface area contributed by atoms with Gasteiger partial charge in [-0.15, -0.1) is 5.10 Å². The van der Waals surface area contributed by atoms with Crippen LogP contribution in [0.2, 0.25) is 0 Å². The van der Waals surface area contributed by atoms with E-state index in [9.17, 15) is 0 Å². The van der Waals surface area contributed by atoms with Gasteiger partial charge in [-0.25, -0.2) is 4.98 Å². The molecule has 0 atom stereocenters. The van der Waals surface area contributed by atoms with Crippen LogP contribution in [0.15, 0.2) is 29.0 Å². The van der Waals surface area contributed by atoms with E-state index in [1.165, 1.54) is 0 Å². The molecular formula is C21H30N8O4. The number of nitrogens with zero attached hydrogens (tertiary/aromatic N) is 6. The molecule has 4 rings (SSSR count). The standard InChI is InChI=1S/C21H30N8O4/c1-28-15-16-18(26-28)25-21(29-20(16)24-19(27-29)17-5-2-10-33-17)23-7-4-9-31-12-14-32-13-11-30-8-3-6-22/h2,5,10,15H,3-4,6-9,11-14,22H2,1H3,(H,23,25,26). The number of fused-ring (bicyclic) bond motifs is 3. The van der Waals surface area contributed by atoms with Crippen molar-refractivity contribution in [2.75, 3.05) is 58.0 Å². The van der Waals surface area contributed by atoms with Crippen molar-refractivity contribution in [3.63, 3.8) is 0 Å². The van der Waals surface area contributed by atoms with E-state index in [1.54, 1.807) is 21.5 Å². The third-order valence-electron chi connectivity index (χ3n) is 4.80. The van der Waals surface area contributed by atoms with E-state index >= 15 is 0 Å². The van der Waals surface area contributed by atoms with Crippen molar-refractivity contribution in [2.45, 2.75) is 12.8 Å². The van der Waals surface area contributed by atoms with E-state index in [4.69, 9.17) is 24.4 Å². The van der Waals surface area contributed by atoms with Crippen LogP contribution in [-0.2, 0) is 21.3 Å². The summed E-state index contributed by atoms with van der Waals surface area (Å²) >= 11 is 0. The Bertz CT molecular complexity index is 1120. The molecule has 0 bridgehead atoms. The Hall–Kier alpha value is -3.06. The minimum Gasteiger partial charge on any atom is -0.461 e. The van der Waals surface area contributed by atoms with Crippen molar-refractivity contribution in [2.24, 2.45) is 12.8 Å². The summed E-state index contributed by atoms with van der Waals surface area (Å²) < 4.78 is 25.3. The summed E-state index contributed by atoms with van der Waals surface area (Å²) in [7, 11) is 1.85. The molecule has 0 aliphatic rings. The van der Waals surface area contributed by atoms with Gasteiger partial charge >= 0.3 is 0 Å². The predicted molar refractivity (Wildman–Crippen MR) is 122 cm³/mol. The number of hydrogen-bond acceptors (Lipinski definition) is 10. The molecule has 4 aromatic rings. The summed E-state index contributed by atoms with van der Waals surface area (Å²) in [5, 5.41) is 13.1. The van der Waals surface area contributed by atoms with Crippen LogP contribution in [0, 0.1) is 0 Å². The van der Waals surface area contributed by atoms with Crippen LogP contribution >= 0.6 is 0 Å². The number of nitrogens with one attached hydrogen (secondary N) is 1. The van der Waals surface area contributed by atoms with Gasteiger partial charge < -0.3 is 29.7 Å². The Balaban J connectivity index is 1.25. The number of aryl methyl sites for hydroxylation is 1. The third kappa shape index (κ3) is 6.05. The van der Waals surface area contributed by atoms with Crippen molar-refractivity contribution in [3.05, 3.63) is 24.6 Å². The van der Waals surface area contributed by atoms with Gasteiger partial charge in [0.05, 0.1) is 38.1 Å². The molecule has 0 aliphatic carbocycles. The molecule has 0 saturated carbocycles. The smallest absolute Gasteiger partial charge is 0.228 e. The van der Waals surface area contributed by atoms with Crippen LogP contribution in [0.1, 0.15) is 12.8 Å². The van der Waals surface area contributed by atoms with Crippen LogP contribution in [0.25, 0.3) is 28.3 Å². The number of anilines is 1. The molecule has 0 aliphatic heterocycles. The van der Waals surface area contributed by atoms with Crippen LogP contribution in [-0.4, -0.2) is 82.1 Å². The fourth-order valence-electron chi connectivity index (χ4n) is 3.23. The lowest BCUT2D eigenvalue weighted by Gasteiger charge is -2.08. The Morgan fingerprint density at radius 2 is 1.76 bits per heavy atom. The average Bonchev–Trinajstić information content (AvgIpc) is 3.55. The maximum absolute atomic E-state index is 5.63. The lowest BCUT2D eigenvalue weighted by atomic mass is 10.4. The van der Waals surface area contributed by atoms with Gasteiger partial charge in [-0.05, 0) is 31.5 Å². The highest BCUT2D eigenvalue weighted by Gasteiger charge is 2.17. The highest BCUT2D eigenvalue weighted by atomic mass is 16.5. The van der Waals surface area contributed by atoms with Crippen molar-refractivity contribution < 1.29 is 18.6 Å². The third-order valence-corrected chi connectivity index (χ3v) is 4.80. The number of rotatable bonds is 15. The first-order chi connectivity index (χ1) is 16.3. The molecule has 0 unspecified atom stereocenters. The molecular weight excluding hydrogens is 428 g/mol. The monoisotopic (exact) mass is 458 g/mol. The first-order valence-corrected chi connectivity index (χ1v) is 11.1. The minimum atomic E-state index is 0.495. The molecule has 0 spiro atoms. The van der Waals surface area contributed by atoms with E-state index in [0.29, 0.717) is 81.6 Å². The number of furan rings is 1. The van der Waals surface area contributed by atoms with Gasteiger partial charge in [-0.2, -0.15) is 14.6 Å². The Morgan fingerprint density at radius 3 is 2.48 bits per heavy atom. The van der Waals surface area contributed by atoms with Crippen molar-refractivity contribution >= 4 is 22.6 Å². The molecule has 4 heterocycles. The summed E-state index contributed by atoms with van der Waals surface area (Å²) in [6.07, 6.45) is 5.14. The maximum Gasteiger partial charge on any atom is 0.228 e. The summed E-state index contributed by atoms with van der Waals surface area (Å²) in [5.41, 5.74) is 6.68. The highest BCUT2D eigenvalue weighted by Crippen LogP contribution is 2.23. The molecule has 0 amide bonds. The van der Waals surface area contributed by atoms with Crippen LogP contribution in [0.4, 0.5) is 5.95 Å². The highest BCUT2D eigenvalue weighted by molar-refractivity contribution is 5.90. The zero-order valence-corrected chi connectivity index (χ0v) is 18.8. The molecule has 4 aromatic heterocycles. The maximum atomic E-state index is 5.63. The molecule has 0 aromatic carbocycles. The molecule has 0 saturated heterocycles. The van der Waals surface area contributed by atoms with Crippen molar-refractivity contribution in [3.8, 4) is 11.6 Å². The van der Waals surface area contributed by atoms with Gasteiger partial charge in [0.1, 0.15) is 0 Å². The van der Waals surface area contributed by atoms with Crippen LogP contribution in [0.5, 0.6) is 0 Å². The van der Waals surface area contributed by atoms with Gasteiger partial charge in [0.25, 0.3) is 0 Å². The van der Waals surface area contributed by atoms with Crippen molar-refractivity contribution in [1.82, 2.24) is 29.4 Å². The quantitative estimate of drug-likeness (QED) is 0.252. The van der Waals surface area contributed by atoms with E-state index < -0.39 is 0 Å². The van der Waals surface area contributed by atoms with Gasteiger partial charge in [-0.1, -0.05) is 0 Å². The predicted octanol–water partition coefficient (Wildman–Crippen LogP) is 1.47. The van der Waals surface area contributed by atoms with Gasteiger partial charge in [0.2, 0.25) is 11.8 Å². The molecule has 12 nitrogen and oxygen atoms in total. The lowest BCUT2D eigenvalue weighted by molar-refractivity contribution is 0.0144. The Labute approximate surface area is 191 Å². The minimum absolute atomic E-state index is 0.495. The van der Waals surface area contributed by atoms with Crippen LogP contribution < -0.4 is 11.1 Å². The molecule has 12 heteroatoms. The number of ether oxygens (including phenoxy) is 3. The summed E-state index contributed by atoms with van der Waals surface area (Å²) in [6, 6.07) is 3.63. The topological polar surface area (TPSA) is 140 Å². The first kappa shape index (κ1) is 23.1. The second kappa shape index (κ2) is 11.7. The number of aromatic nitrogens is 6. The zero-order valence-electron chi connectivity index (χ0n) is 18.8. The van der Waals surface area contributed by atoms with Gasteiger partial charge in [0.15, 0.2) is 17.1 Å². The SMILES string of the molecule is Cn1cc2c(nc(NCCCOCCOCCOCCCN)n3nc(-c4ccco4)nc23)n1. The van der Waals surface area contributed by atoms with E-state index in [-0.39, 0.29) is 0 Å². The van der Waals surface area contributed by atoms with Gasteiger partial charge in [-0.3, -0.25) is 4.68 Å². The summed E-state index contributed by atoms with van der Waals surface area (Å²) in [5.74, 6) is 1.66. The van der Waals surface area contributed by atoms with E-state index in [0.717, 1.165) is 18.2 Å². The summed E-state index contributed by atoms with van der Waals surface area (Å²) in [6.45, 7) is 4.81. The van der Waals surface area contributed by atoms with E-state index in [2.05, 4.69) is 25.5 Å². The normalized spacial score (nSPS) is 11.7. The molecule has 0 radical (unpaired) electrons. The number of hydrogen-bond donors (Lipinski definition) is 2. The van der Waals surface area contributed by atoms with Crippen LogP contribution in [0.3, 0.4) is 0 Å². The Kier molecular flexibility index (Phi) is 8.19. The second-order valence-electron chi connectivity index (χ2n) is 7.38. The van der Waals surface area contributed by atoms with Gasteiger partial charge in [0, 0.05) is 33.0 Å². The summed E-state index contributed by atoms with van der Waals surface area (Å²) in [4.78, 5) is 9.26. The fraction of sp³-hybridized carbons (Fsp3) is 0.524. The average molecular weight is 459 g/mol. The van der Waals surface area contributed by atoms with E-state index in [1.807, 2.05) is 19.3 Å². The molecule has 3 N–H and O–H groups in total. The lowest BCUT2D eigenvalue weighted by Crippen LogP contribution is -2.13. The Morgan fingerprint density at radius 1 is 1.00 bits per heavy atom. The van der Waals surface area contributed by atoms with Crippen molar-refractivity contribution in [1.29, 1.82) is 0 Å². The second-order valence-corrected chi connectivity index (χ2v) is 7.38. The molecule has 178 valence electrons.